The Morgan fingerprint density at radius 3 is 2.12 bits per heavy atom. The fourth-order valence-electron chi connectivity index (χ4n) is 3.24. The Labute approximate surface area is 155 Å². The van der Waals surface area contributed by atoms with Gasteiger partial charge in [-0.25, -0.2) is 8.42 Å². The van der Waals surface area contributed by atoms with Crippen molar-refractivity contribution in [3.63, 3.8) is 0 Å². The normalized spacial score (nSPS) is 15.3. The zero-order valence-corrected chi connectivity index (χ0v) is 15.8. The van der Waals surface area contributed by atoms with Crippen molar-refractivity contribution in [2.75, 3.05) is 24.4 Å². The van der Waals surface area contributed by atoms with Crippen molar-refractivity contribution >= 4 is 21.6 Å². The summed E-state index contributed by atoms with van der Waals surface area (Å²) < 4.78 is 27.6. The summed E-state index contributed by atoms with van der Waals surface area (Å²) >= 11 is 0. The second-order valence-corrected chi connectivity index (χ2v) is 8.45. The maximum Gasteiger partial charge on any atom is 0.264 e. The number of hydrogen-bond acceptors (Lipinski definition) is 3. The Balaban J connectivity index is 1.97. The summed E-state index contributed by atoms with van der Waals surface area (Å²) in [5, 5.41) is 0. The molecule has 0 atom stereocenters. The zero-order valence-electron chi connectivity index (χ0n) is 15.0. The van der Waals surface area contributed by atoms with Gasteiger partial charge in [0.1, 0.15) is 4.90 Å². The average molecular weight is 372 g/mol. The smallest absolute Gasteiger partial charge is 0.264 e. The van der Waals surface area contributed by atoms with Crippen LogP contribution in [0.1, 0.15) is 36.0 Å². The highest BCUT2D eigenvalue weighted by Crippen LogP contribution is 2.25. The van der Waals surface area contributed by atoms with Crippen molar-refractivity contribution in [1.29, 1.82) is 0 Å². The predicted octanol–water partition coefficient (Wildman–Crippen LogP) is 3.53. The molecule has 1 heterocycles. The van der Waals surface area contributed by atoms with Crippen LogP contribution in [0, 0.1) is 0 Å². The molecule has 0 radical (unpaired) electrons. The fourth-order valence-corrected chi connectivity index (χ4v) is 4.61. The lowest BCUT2D eigenvalue weighted by molar-refractivity contribution is 0.0758. The summed E-state index contributed by atoms with van der Waals surface area (Å²) in [7, 11) is -2.32. The second-order valence-electron chi connectivity index (χ2n) is 6.51. The van der Waals surface area contributed by atoms with Crippen LogP contribution in [0.15, 0.2) is 59.5 Å². The van der Waals surface area contributed by atoms with E-state index in [-0.39, 0.29) is 16.4 Å². The van der Waals surface area contributed by atoms with Crippen LogP contribution in [0.2, 0.25) is 0 Å². The molecule has 0 bridgehead atoms. The van der Waals surface area contributed by atoms with Crippen molar-refractivity contribution in [2.24, 2.45) is 0 Å². The van der Waals surface area contributed by atoms with E-state index in [0.717, 1.165) is 25.7 Å². The van der Waals surface area contributed by atoms with Crippen molar-refractivity contribution < 1.29 is 13.2 Å². The standard InChI is InChI=1S/C20H24N2O3S/c1-21(17-11-5-4-6-12-17)26(24,25)19-14-8-7-13-18(19)20(23)22-15-9-2-3-10-16-22/h4-8,11-14H,2-3,9-10,15-16H2,1H3. The summed E-state index contributed by atoms with van der Waals surface area (Å²) in [4.78, 5) is 14.9. The molecule has 138 valence electrons. The highest BCUT2D eigenvalue weighted by molar-refractivity contribution is 7.92. The van der Waals surface area contributed by atoms with Gasteiger partial charge in [0.2, 0.25) is 0 Å². The summed E-state index contributed by atoms with van der Waals surface area (Å²) in [5.41, 5.74) is 0.807. The molecule has 1 saturated heterocycles. The fraction of sp³-hybridized carbons (Fsp3) is 0.350. The number of rotatable bonds is 4. The molecule has 0 aromatic heterocycles. The molecule has 0 spiro atoms. The van der Waals surface area contributed by atoms with Crippen LogP contribution in [-0.2, 0) is 10.0 Å². The topological polar surface area (TPSA) is 57.7 Å². The molecule has 26 heavy (non-hydrogen) atoms. The number of para-hydroxylation sites is 1. The van der Waals surface area contributed by atoms with Gasteiger partial charge in [-0.15, -0.1) is 0 Å². The van der Waals surface area contributed by atoms with Crippen molar-refractivity contribution in [2.45, 2.75) is 30.6 Å². The Morgan fingerprint density at radius 1 is 0.885 bits per heavy atom. The van der Waals surface area contributed by atoms with E-state index in [4.69, 9.17) is 0 Å². The van der Waals surface area contributed by atoms with E-state index in [1.54, 1.807) is 47.4 Å². The van der Waals surface area contributed by atoms with Gasteiger partial charge in [0.05, 0.1) is 11.3 Å². The molecule has 2 aromatic rings. The van der Waals surface area contributed by atoms with Crippen LogP contribution >= 0.6 is 0 Å². The first-order chi connectivity index (χ1) is 12.5. The van der Waals surface area contributed by atoms with Crippen molar-refractivity contribution in [1.82, 2.24) is 4.90 Å². The van der Waals surface area contributed by atoms with E-state index in [0.29, 0.717) is 18.8 Å². The number of nitrogens with zero attached hydrogens (tertiary/aromatic N) is 2. The van der Waals surface area contributed by atoms with Gasteiger partial charge in [0, 0.05) is 20.1 Å². The molecule has 0 saturated carbocycles. The van der Waals surface area contributed by atoms with Crippen LogP contribution in [-0.4, -0.2) is 39.4 Å². The number of hydrogen-bond donors (Lipinski definition) is 0. The molecule has 1 aliphatic heterocycles. The minimum absolute atomic E-state index is 0.0561. The first-order valence-electron chi connectivity index (χ1n) is 8.94. The van der Waals surface area contributed by atoms with Gasteiger partial charge in [0.15, 0.2) is 0 Å². The number of sulfonamides is 1. The number of amides is 1. The van der Waals surface area contributed by atoms with Gasteiger partial charge >= 0.3 is 0 Å². The third kappa shape index (κ3) is 3.75. The highest BCUT2D eigenvalue weighted by Gasteiger charge is 2.28. The van der Waals surface area contributed by atoms with Crippen LogP contribution in [0.4, 0.5) is 5.69 Å². The largest absolute Gasteiger partial charge is 0.339 e. The van der Waals surface area contributed by atoms with Crippen LogP contribution in [0.5, 0.6) is 0 Å². The average Bonchev–Trinajstić information content (AvgIpc) is 2.97. The predicted molar refractivity (Wildman–Crippen MR) is 103 cm³/mol. The summed E-state index contributed by atoms with van der Waals surface area (Å²) in [6.07, 6.45) is 4.15. The lowest BCUT2D eigenvalue weighted by Crippen LogP contribution is -2.34. The number of carbonyl (C=O) groups is 1. The Hall–Kier alpha value is -2.34. The van der Waals surface area contributed by atoms with E-state index in [1.807, 2.05) is 6.07 Å². The Bertz CT molecular complexity index is 858. The van der Waals surface area contributed by atoms with Gasteiger partial charge in [0.25, 0.3) is 15.9 Å². The molecule has 0 N–H and O–H groups in total. The van der Waals surface area contributed by atoms with Gasteiger partial charge in [-0.2, -0.15) is 0 Å². The van der Waals surface area contributed by atoms with Gasteiger partial charge in [-0.3, -0.25) is 9.10 Å². The molecule has 0 unspecified atom stereocenters. The summed E-state index contributed by atoms with van der Waals surface area (Å²) in [5.74, 6) is -0.201. The highest BCUT2D eigenvalue weighted by atomic mass is 32.2. The molecule has 1 amide bonds. The molecule has 1 fully saturated rings. The molecular weight excluding hydrogens is 348 g/mol. The second kappa shape index (κ2) is 7.91. The molecule has 2 aromatic carbocycles. The Kier molecular flexibility index (Phi) is 5.61. The molecule has 0 aliphatic carbocycles. The number of likely N-dealkylation sites (tertiary alicyclic amines) is 1. The lowest BCUT2D eigenvalue weighted by Gasteiger charge is -2.24. The van der Waals surface area contributed by atoms with Crippen molar-refractivity contribution in [3.8, 4) is 0 Å². The maximum atomic E-state index is 13.2. The number of benzene rings is 2. The molecular formula is C20H24N2O3S. The van der Waals surface area contributed by atoms with Crippen LogP contribution in [0.25, 0.3) is 0 Å². The Morgan fingerprint density at radius 2 is 1.46 bits per heavy atom. The molecule has 1 aliphatic rings. The monoisotopic (exact) mass is 372 g/mol. The third-order valence-corrected chi connectivity index (χ3v) is 6.61. The minimum atomic E-state index is -3.83. The number of carbonyl (C=O) groups excluding carboxylic acids is 1. The van der Waals surface area contributed by atoms with Crippen molar-refractivity contribution in [3.05, 3.63) is 60.2 Å². The SMILES string of the molecule is CN(c1ccccc1)S(=O)(=O)c1ccccc1C(=O)N1CCCCCC1. The first-order valence-corrected chi connectivity index (χ1v) is 10.4. The molecule has 5 nitrogen and oxygen atoms in total. The van der Waals surface area contributed by atoms with Crippen LogP contribution in [0.3, 0.4) is 0 Å². The summed E-state index contributed by atoms with van der Waals surface area (Å²) in [6.45, 7) is 1.36. The quantitative estimate of drug-likeness (QED) is 0.825. The molecule has 6 heteroatoms. The zero-order chi connectivity index (χ0) is 18.6. The van der Waals surface area contributed by atoms with Gasteiger partial charge in [-0.1, -0.05) is 43.2 Å². The third-order valence-electron chi connectivity index (χ3n) is 4.77. The van der Waals surface area contributed by atoms with E-state index >= 15 is 0 Å². The van der Waals surface area contributed by atoms with E-state index in [2.05, 4.69) is 0 Å². The maximum absolute atomic E-state index is 13.2. The molecule has 3 rings (SSSR count). The summed E-state index contributed by atoms with van der Waals surface area (Å²) in [6, 6.07) is 15.4. The van der Waals surface area contributed by atoms with E-state index < -0.39 is 10.0 Å². The minimum Gasteiger partial charge on any atom is -0.339 e. The van der Waals surface area contributed by atoms with E-state index in [1.165, 1.54) is 17.4 Å². The van der Waals surface area contributed by atoms with Crippen LogP contribution < -0.4 is 4.31 Å². The van der Waals surface area contributed by atoms with Gasteiger partial charge < -0.3 is 4.90 Å². The number of anilines is 1. The van der Waals surface area contributed by atoms with Gasteiger partial charge in [-0.05, 0) is 37.1 Å². The first kappa shape index (κ1) is 18.5. The van der Waals surface area contributed by atoms with E-state index in [9.17, 15) is 13.2 Å². The lowest BCUT2D eigenvalue weighted by atomic mass is 10.2.